The number of carbonyl (C=O) groups excluding carboxylic acids is 1. The van der Waals surface area contributed by atoms with Crippen LogP contribution in [0.2, 0.25) is 0 Å². The molecule has 6 nitrogen and oxygen atoms in total. The minimum absolute atomic E-state index is 0.125. The molecule has 122 valence electrons. The number of fused-ring (bicyclic) bond motifs is 1. The molecule has 3 rings (SSSR count). The average molecular weight is 321 g/mol. The Morgan fingerprint density at radius 1 is 1.04 bits per heavy atom. The third kappa shape index (κ3) is 3.08. The van der Waals surface area contributed by atoms with Gasteiger partial charge in [-0.15, -0.1) is 0 Å². The predicted octanol–water partition coefficient (Wildman–Crippen LogP) is 3.22. The second-order valence-corrected chi connectivity index (χ2v) is 5.71. The number of hydrogen-bond donors (Lipinski definition) is 1. The largest absolute Gasteiger partial charge is 0.325 e. The summed E-state index contributed by atoms with van der Waals surface area (Å²) in [4.78, 5) is 29.1. The molecule has 0 aliphatic carbocycles. The maximum absolute atomic E-state index is 11.3. The second-order valence-electron chi connectivity index (χ2n) is 5.71. The van der Waals surface area contributed by atoms with Crippen LogP contribution in [0.15, 0.2) is 24.5 Å². The Hall–Kier alpha value is -2.89. The molecule has 6 heteroatoms. The fourth-order valence-electron chi connectivity index (χ4n) is 2.61. The lowest BCUT2D eigenvalue weighted by atomic mass is 10.0. The number of amides is 1. The van der Waals surface area contributed by atoms with Gasteiger partial charge in [-0.2, -0.15) is 0 Å². The van der Waals surface area contributed by atoms with Crippen molar-refractivity contribution in [3.8, 4) is 11.1 Å². The summed E-state index contributed by atoms with van der Waals surface area (Å²) in [7, 11) is 0. The Balaban J connectivity index is 2.15. The zero-order chi connectivity index (χ0) is 17.3. The topological polar surface area (TPSA) is 80.7 Å². The number of carbonyl (C=O) groups is 1. The van der Waals surface area contributed by atoms with E-state index >= 15 is 0 Å². The zero-order valence-corrected chi connectivity index (χ0v) is 14.2. The van der Waals surface area contributed by atoms with Crippen LogP contribution in [0.1, 0.15) is 31.1 Å². The van der Waals surface area contributed by atoms with Crippen molar-refractivity contribution in [1.82, 2.24) is 19.9 Å². The molecule has 0 aromatic carbocycles. The molecule has 3 aromatic heterocycles. The number of anilines is 1. The zero-order valence-electron chi connectivity index (χ0n) is 14.2. The summed E-state index contributed by atoms with van der Waals surface area (Å²) in [6, 6.07) is 3.94. The van der Waals surface area contributed by atoms with E-state index in [4.69, 9.17) is 0 Å². The van der Waals surface area contributed by atoms with E-state index in [1.54, 1.807) is 12.4 Å². The normalized spacial score (nSPS) is 10.8. The van der Waals surface area contributed by atoms with E-state index in [0.29, 0.717) is 11.3 Å². The van der Waals surface area contributed by atoms with Gasteiger partial charge in [0, 0.05) is 47.4 Å². The maximum Gasteiger partial charge on any atom is 0.221 e. The molecule has 0 fully saturated rings. The van der Waals surface area contributed by atoms with Gasteiger partial charge in [-0.25, -0.2) is 15.0 Å². The smallest absolute Gasteiger partial charge is 0.221 e. The Labute approximate surface area is 140 Å². The Morgan fingerprint density at radius 3 is 2.50 bits per heavy atom. The molecule has 0 atom stereocenters. The van der Waals surface area contributed by atoms with E-state index in [9.17, 15) is 4.79 Å². The van der Waals surface area contributed by atoms with Gasteiger partial charge in [0.2, 0.25) is 5.91 Å². The fraction of sp³-hybridized carbons (Fsp3) is 0.278. The van der Waals surface area contributed by atoms with E-state index in [1.807, 2.05) is 32.9 Å². The Morgan fingerprint density at radius 2 is 1.79 bits per heavy atom. The van der Waals surface area contributed by atoms with Crippen LogP contribution in [0.4, 0.5) is 5.69 Å². The predicted molar refractivity (Wildman–Crippen MR) is 93.7 cm³/mol. The summed E-state index contributed by atoms with van der Waals surface area (Å²) in [5.41, 5.74) is 5.01. The van der Waals surface area contributed by atoms with Gasteiger partial charge in [0.05, 0.1) is 11.9 Å². The van der Waals surface area contributed by atoms with E-state index in [-0.39, 0.29) is 5.91 Å². The maximum atomic E-state index is 11.3. The van der Waals surface area contributed by atoms with Gasteiger partial charge in [0.25, 0.3) is 0 Å². The summed E-state index contributed by atoms with van der Waals surface area (Å²) in [5, 5.41) is 3.65. The molecular formula is C18H19N5O. The minimum Gasteiger partial charge on any atom is -0.325 e. The van der Waals surface area contributed by atoms with Crippen molar-refractivity contribution in [2.45, 2.75) is 34.1 Å². The van der Waals surface area contributed by atoms with Crippen molar-refractivity contribution in [3.63, 3.8) is 0 Å². The van der Waals surface area contributed by atoms with E-state index in [1.165, 1.54) is 6.92 Å². The van der Waals surface area contributed by atoms with Crippen LogP contribution < -0.4 is 5.32 Å². The lowest BCUT2D eigenvalue weighted by Gasteiger charge is -2.12. The highest BCUT2D eigenvalue weighted by Crippen LogP contribution is 2.29. The molecule has 0 aliphatic heterocycles. The van der Waals surface area contributed by atoms with Crippen LogP contribution in [0, 0.1) is 13.8 Å². The van der Waals surface area contributed by atoms with E-state index in [2.05, 4.69) is 25.3 Å². The number of aromatic nitrogens is 4. The lowest BCUT2D eigenvalue weighted by molar-refractivity contribution is -0.114. The number of nitrogens with one attached hydrogen (secondary N) is 1. The summed E-state index contributed by atoms with van der Waals surface area (Å²) in [6.45, 7) is 7.39. The quantitative estimate of drug-likeness (QED) is 0.801. The fourth-order valence-corrected chi connectivity index (χ4v) is 2.61. The Bertz CT molecular complexity index is 936. The molecule has 0 saturated carbocycles. The van der Waals surface area contributed by atoms with Crippen LogP contribution in [0.5, 0.6) is 0 Å². The third-order valence-electron chi connectivity index (χ3n) is 3.82. The van der Waals surface area contributed by atoms with Gasteiger partial charge in [-0.1, -0.05) is 6.92 Å². The van der Waals surface area contributed by atoms with Gasteiger partial charge in [-0.05, 0) is 26.0 Å². The van der Waals surface area contributed by atoms with Crippen molar-refractivity contribution < 1.29 is 4.79 Å². The first-order chi connectivity index (χ1) is 11.5. The molecule has 0 unspecified atom stereocenters. The Kier molecular flexibility index (Phi) is 4.20. The number of nitrogens with zero attached hydrogens (tertiary/aromatic N) is 4. The first-order valence-electron chi connectivity index (χ1n) is 7.85. The molecule has 3 heterocycles. The van der Waals surface area contributed by atoms with Gasteiger partial charge in [-0.3, -0.25) is 9.78 Å². The average Bonchev–Trinajstić information content (AvgIpc) is 2.55. The summed E-state index contributed by atoms with van der Waals surface area (Å²) < 4.78 is 0. The van der Waals surface area contributed by atoms with Gasteiger partial charge in [0.15, 0.2) is 5.65 Å². The monoisotopic (exact) mass is 321 g/mol. The third-order valence-corrected chi connectivity index (χ3v) is 3.82. The standard InChI is InChI=1S/C18H19N5O/c1-5-17-20-8-13-6-15(11(3)21-18(13)23-17)16-7-14(22-12(4)24)9-19-10(16)2/h6-9H,5H2,1-4H3,(H,22,24). The molecule has 0 bridgehead atoms. The van der Waals surface area contributed by atoms with Crippen molar-refractivity contribution in [2.24, 2.45) is 0 Å². The van der Waals surface area contributed by atoms with Crippen LogP contribution >= 0.6 is 0 Å². The van der Waals surface area contributed by atoms with Crippen molar-refractivity contribution >= 4 is 22.6 Å². The van der Waals surface area contributed by atoms with Crippen molar-refractivity contribution in [3.05, 3.63) is 41.7 Å². The highest BCUT2D eigenvalue weighted by Gasteiger charge is 2.12. The molecule has 0 aliphatic rings. The molecular weight excluding hydrogens is 302 g/mol. The van der Waals surface area contributed by atoms with E-state index in [0.717, 1.165) is 40.1 Å². The summed E-state index contributed by atoms with van der Waals surface area (Å²) in [6.07, 6.45) is 4.23. The van der Waals surface area contributed by atoms with E-state index < -0.39 is 0 Å². The van der Waals surface area contributed by atoms with Crippen LogP contribution in [0.3, 0.4) is 0 Å². The first kappa shape index (κ1) is 16.0. The molecule has 1 N–H and O–H groups in total. The summed E-state index contributed by atoms with van der Waals surface area (Å²) >= 11 is 0. The minimum atomic E-state index is -0.125. The lowest BCUT2D eigenvalue weighted by Crippen LogP contribution is -2.07. The molecule has 0 spiro atoms. The highest BCUT2D eigenvalue weighted by atomic mass is 16.1. The van der Waals surface area contributed by atoms with Gasteiger partial charge >= 0.3 is 0 Å². The molecule has 0 radical (unpaired) electrons. The van der Waals surface area contributed by atoms with Crippen LogP contribution in [-0.4, -0.2) is 25.8 Å². The number of rotatable bonds is 3. The van der Waals surface area contributed by atoms with Crippen LogP contribution in [0.25, 0.3) is 22.2 Å². The SMILES string of the molecule is CCc1ncc2cc(-c3cc(NC(C)=O)cnc3C)c(C)nc2n1. The van der Waals surface area contributed by atoms with Crippen molar-refractivity contribution in [1.29, 1.82) is 0 Å². The number of hydrogen-bond acceptors (Lipinski definition) is 5. The van der Waals surface area contributed by atoms with Gasteiger partial charge in [0.1, 0.15) is 5.82 Å². The molecule has 24 heavy (non-hydrogen) atoms. The highest BCUT2D eigenvalue weighted by molar-refractivity contribution is 5.90. The summed E-state index contributed by atoms with van der Waals surface area (Å²) in [5.74, 6) is 0.660. The molecule has 0 saturated heterocycles. The van der Waals surface area contributed by atoms with Crippen LogP contribution in [-0.2, 0) is 11.2 Å². The first-order valence-corrected chi connectivity index (χ1v) is 7.85. The van der Waals surface area contributed by atoms with Gasteiger partial charge < -0.3 is 5.32 Å². The molecule has 3 aromatic rings. The second kappa shape index (κ2) is 6.31. The number of pyridine rings is 2. The molecule has 1 amide bonds. The number of aryl methyl sites for hydroxylation is 3. The van der Waals surface area contributed by atoms with Crippen molar-refractivity contribution in [2.75, 3.05) is 5.32 Å².